The summed E-state index contributed by atoms with van der Waals surface area (Å²) in [5, 5.41) is 73.1. The van der Waals surface area contributed by atoms with Gasteiger partial charge in [-0.25, -0.2) is 0 Å². The van der Waals surface area contributed by atoms with E-state index in [1.54, 1.807) is 28.4 Å². The third-order valence-corrected chi connectivity index (χ3v) is 7.98. The van der Waals surface area contributed by atoms with Crippen molar-refractivity contribution in [3.8, 4) is 0 Å². The van der Waals surface area contributed by atoms with Crippen molar-refractivity contribution in [1.82, 2.24) is 0 Å². The summed E-state index contributed by atoms with van der Waals surface area (Å²) < 4.78 is 57.5. The van der Waals surface area contributed by atoms with Crippen molar-refractivity contribution in [3.05, 3.63) is 0 Å². The number of hydrogen-bond acceptors (Lipinski definition) is 24. The first-order chi connectivity index (χ1) is 28.5. The Hall–Kier alpha value is -2.76. The standard InChI is InChI=1S/C13H22O6.2C7H14O6.2C3H6O2.2C2H6O/c1-6-10-7(2)11(17-8(3)14)12(18-9(4)15)13(16-5)19-10;2*1-12-7-6(11)5(10)4(9)3(2-8)13-7;2*1-3(4)5-2;2*1-3-2/h7,10-13H,6H2,1-5H3;2*3-11H,2H2,1H3;2*1-2H3;2*1-2H3/t7-,10-,11+,12-,13+;2*3-,4-,5+,6-,7+;;;;/m111..../s1. The molecule has 3 aliphatic heterocycles. The van der Waals surface area contributed by atoms with E-state index in [1.165, 1.54) is 63.2 Å². The van der Waals surface area contributed by atoms with Gasteiger partial charge in [0, 0.05) is 83.4 Å². The van der Waals surface area contributed by atoms with Crippen LogP contribution in [-0.2, 0) is 76.0 Å². The third-order valence-electron chi connectivity index (χ3n) is 7.98. The molecule has 0 aromatic heterocycles. The van der Waals surface area contributed by atoms with E-state index < -0.39 is 105 Å². The summed E-state index contributed by atoms with van der Waals surface area (Å²) in [5.41, 5.74) is 0. The lowest BCUT2D eigenvalue weighted by molar-refractivity contribution is -0.294. The fourth-order valence-corrected chi connectivity index (χ4v) is 4.90. The van der Waals surface area contributed by atoms with Gasteiger partial charge in [0.25, 0.3) is 0 Å². The van der Waals surface area contributed by atoms with Gasteiger partial charge in [-0.15, -0.1) is 0 Å². The smallest absolute Gasteiger partial charge is 0.303 e. The first kappa shape index (κ1) is 64.9. The Balaban J connectivity index is -0.000000344. The Morgan fingerprint density at radius 1 is 0.459 bits per heavy atom. The van der Waals surface area contributed by atoms with E-state index in [2.05, 4.69) is 18.9 Å². The van der Waals surface area contributed by atoms with Gasteiger partial charge in [-0.1, -0.05) is 13.8 Å². The molecule has 0 bridgehead atoms. The normalized spacial score (nSPS) is 32.3. The number of hydrogen-bond donors (Lipinski definition) is 8. The number of carbonyl (C=O) groups is 4. The summed E-state index contributed by atoms with van der Waals surface area (Å²) in [5.74, 6) is -1.45. The maximum Gasteiger partial charge on any atom is 0.303 e. The lowest BCUT2D eigenvalue weighted by Gasteiger charge is -2.43. The number of esters is 4. The van der Waals surface area contributed by atoms with Crippen molar-refractivity contribution < 1.29 is 117 Å². The summed E-state index contributed by atoms with van der Waals surface area (Å²) >= 11 is 0. The maximum atomic E-state index is 11.2. The van der Waals surface area contributed by atoms with Gasteiger partial charge < -0.3 is 97.7 Å². The second-order valence-corrected chi connectivity index (χ2v) is 12.8. The van der Waals surface area contributed by atoms with E-state index in [9.17, 15) is 49.8 Å². The number of aliphatic hydroxyl groups excluding tert-OH is 8. The molecular formula is C37H74O24. The fraction of sp³-hybridized carbons (Fsp3) is 0.892. The summed E-state index contributed by atoms with van der Waals surface area (Å²) in [6.45, 7) is 8.36. The number of carbonyl (C=O) groups excluding carboxylic acids is 4. The van der Waals surface area contributed by atoms with Crippen LogP contribution in [0.1, 0.15) is 48.0 Å². The van der Waals surface area contributed by atoms with E-state index in [0.29, 0.717) is 0 Å². The molecule has 24 heteroatoms. The Kier molecular flexibility index (Phi) is 40.2. The summed E-state index contributed by atoms with van der Waals surface area (Å²) in [7, 11) is 13.3. The zero-order chi connectivity index (χ0) is 48.6. The van der Waals surface area contributed by atoms with E-state index >= 15 is 0 Å². The minimum atomic E-state index is -1.36. The topological polar surface area (TPSA) is 341 Å². The predicted molar refractivity (Wildman–Crippen MR) is 209 cm³/mol. The van der Waals surface area contributed by atoms with Crippen LogP contribution >= 0.6 is 0 Å². The Labute approximate surface area is 357 Å². The van der Waals surface area contributed by atoms with Crippen LogP contribution in [0.5, 0.6) is 0 Å². The molecule has 0 aromatic carbocycles. The Morgan fingerprint density at radius 2 is 0.738 bits per heavy atom. The van der Waals surface area contributed by atoms with Crippen LogP contribution in [0.2, 0.25) is 0 Å². The zero-order valence-corrected chi connectivity index (χ0v) is 37.9. The summed E-state index contributed by atoms with van der Waals surface area (Å²) in [6, 6.07) is 0. The molecule has 0 aliphatic carbocycles. The molecule has 3 aliphatic rings. The van der Waals surface area contributed by atoms with Crippen molar-refractivity contribution in [3.63, 3.8) is 0 Å². The largest absolute Gasteiger partial charge is 0.469 e. The van der Waals surface area contributed by atoms with Crippen molar-refractivity contribution in [2.45, 2.75) is 134 Å². The second kappa shape index (κ2) is 37.8. The Morgan fingerprint density at radius 3 is 0.967 bits per heavy atom. The molecule has 24 nitrogen and oxygen atoms in total. The molecule has 0 saturated carbocycles. The van der Waals surface area contributed by atoms with E-state index in [0.717, 1.165) is 6.42 Å². The molecule has 3 heterocycles. The van der Waals surface area contributed by atoms with Crippen LogP contribution in [0.4, 0.5) is 0 Å². The van der Waals surface area contributed by atoms with Crippen LogP contribution in [0.25, 0.3) is 0 Å². The molecule has 8 N–H and O–H groups in total. The van der Waals surface area contributed by atoms with Crippen molar-refractivity contribution in [2.24, 2.45) is 5.92 Å². The van der Waals surface area contributed by atoms with Gasteiger partial charge in [0.05, 0.1) is 33.5 Å². The van der Waals surface area contributed by atoms with Crippen LogP contribution in [-0.4, -0.2) is 228 Å². The summed E-state index contributed by atoms with van der Waals surface area (Å²) in [6.07, 6.45) is -13.2. The number of rotatable bonds is 8. The van der Waals surface area contributed by atoms with Crippen LogP contribution < -0.4 is 0 Å². The first-order valence-electron chi connectivity index (χ1n) is 18.6. The van der Waals surface area contributed by atoms with Crippen LogP contribution in [0.15, 0.2) is 0 Å². The van der Waals surface area contributed by atoms with Gasteiger partial charge in [0.1, 0.15) is 54.9 Å². The molecule has 3 saturated heterocycles. The van der Waals surface area contributed by atoms with E-state index in [-0.39, 0.29) is 24.0 Å². The predicted octanol–water partition coefficient (Wildman–Crippen LogP) is -2.98. The molecule has 0 unspecified atom stereocenters. The highest BCUT2D eigenvalue weighted by molar-refractivity contribution is 5.67. The maximum absolute atomic E-state index is 11.2. The van der Waals surface area contributed by atoms with Crippen LogP contribution in [0, 0.1) is 5.92 Å². The number of methoxy groups -OCH3 is 7. The monoisotopic (exact) mass is 902 g/mol. The zero-order valence-electron chi connectivity index (χ0n) is 37.9. The van der Waals surface area contributed by atoms with Gasteiger partial charge >= 0.3 is 23.9 Å². The quantitative estimate of drug-likeness (QED) is 0.0890. The number of aliphatic hydroxyl groups is 8. The van der Waals surface area contributed by atoms with Crippen LogP contribution in [0.3, 0.4) is 0 Å². The second-order valence-electron chi connectivity index (χ2n) is 12.8. The van der Waals surface area contributed by atoms with Gasteiger partial charge in [0.15, 0.2) is 25.0 Å². The van der Waals surface area contributed by atoms with E-state index in [1.807, 2.05) is 13.8 Å². The van der Waals surface area contributed by atoms with E-state index in [4.69, 9.17) is 48.1 Å². The lowest BCUT2D eigenvalue weighted by Crippen LogP contribution is -2.58. The van der Waals surface area contributed by atoms with Gasteiger partial charge in [-0.3, -0.25) is 19.2 Å². The first-order valence-corrected chi connectivity index (χ1v) is 18.6. The fourth-order valence-electron chi connectivity index (χ4n) is 4.90. The molecule has 0 aromatic rings. The average molecular weight is 903 g/mol. The third kappa shape index (κ3) is 26.5. The van der Waals surface area contributed by atoms with Crippen molar-refractivity contribution in [1.29, 1.82) is 0 Å². The van der Waals surface area contributed by atoms with Crippen molar-refractivity contribution in [2.75, 3.05) is 77.2 Å². The molecule has 61 heavy (non-hydrogen) atoms. The van der Waals surface area contributed by atoms with Gasteiger partial charge in [0.2, 0.25) is 0 Å². The molecule has 0 spiro atoms. The highest BCUT2D eigenvalue weighted by Gasteiger charge is 2.48. The minimum Gasteiger partial charge on any atom is -0.469 e. The SMILES string of the molecule is CC[C@H]1O[C@H](OC)[C@H](OC(C)=O)[C@@H](OC(C)=O)[C@@H]1C.COC.COC.COC(C)=O.COC(C)=O.CO[C@H]1O[C@H](CO)[C@@H](O)[C@H](O)[C@H]1O.CO[C@H]1O[C@H](CO)[C@@H](O)[C@H](O)[C@H]1O. The van der Waals surface area contributed by atoms with Crippen molar-refractivity contribution >= 4 is 23.9 Å². The molecule has 366 valence electrons. The average Bonchev–Trinajstić information content (AvgIpc) is 3.22. The number of ether oxygens (including phenoxy) is 12. The summed E-state index contributed by atoms with van der Waals surface area (Å²) in [4.78, 5) is 41.6. The minimum absolute atomic E-state index is 0.0790. The lowest BCUT2D eigenvalue weighted by atomic mass is 9.89. The van der Waals surface area contributed by atoms with Gasteiger partial charge in [-0.05, 0) is 6.42 Å². The molecule has 0 amide bonds. The highest BCUT2D eigenvalue weighted by Crippen LogP contribution is 2.32. The molecule has 3 rings (SSSR count). The molecular weight excluding hydrogens is 828 g/mol. The molecule has 15 atom stereocenters. The van der Waals surface area contributed by atoms with Gasteiger partial charge in [-0.2, -0.15) is 0 Å². The molecule has 0 radical (unpaired) electrons. The molecule has 3 fully saturated rings. The Bertz CT molecular complexity index is 1020. The highest BCUT2D eigenvalue weighted by atomic mass is 16.7.